The van der Waals surface area contributed by atoms with Gasteiger partial charge in [0.2, 0.25) is 5.88 Å². The van der Waals surface area contributed by atoms with E-state index in [2.05, 4.69) is 26.7 Å². The van der Waals surface area contributed by atoms with Crippen molar-refractivity contribution in [2.75, 3.05) is 17.9 Å². The molecule has 2 N–H and O–H groups in total. The van der Waals surface area contributed by atoms with Gasteiger partial charge in [-0.1, -0.05) is 38.1 Å². The Hall–Kier alpha value is -2.95. The zero-order valence-corrected chi connectivity index (χ0v) is 22.2. The number of hydrogen-bond acceptors (Lipinski definition) is 8. The lowest BCUT2D eigenvalue weighted by molar-refractivity contribution is 0.191. The van der Waals surface area contributed by atoms with Crippen LogP contribution in [0.5, 0.6) is 5.88 Å². The van der Waals surface area contributed by atoms with Crippen LogP contribution in [0.4, 0.5) is 5.82 Å². The summed E-state index contributed by atoms with van der Waals surface area (Å²) in [6.45, 7) is 11.4. The van der Waals surface area contributed by atoms with Gasteiger partial charge in [0.15, 0.2) is 5.82 Å². The van der Waals surface area contributed by atoms with Crippen LogP contribution in [0.2, 0.25) is 0 Å². The quantitative estimate of drug-likeness (QED) is 0.460. The first-order chi connectivity index (χ1) is 17.0. The summed E-state index contributed by atoms with van der Waals surface area (Å²) in [5, 5.41) is 13.7. The molecule has 0 saturated heterocycles. The Morgan fingerprint density at radius 3 is 2.64 bits per heavy atom. The third-order valence-corrected chi connectivity index (χ3v) is 7.81. The van der Waals surface area contributed by atoms with Crippen molar-refractivity contribution >= 4 is 15.8 Å². The lowest BCUT2D eigenvalue weighted by atomic mass is 9.90. The first kappa shape index (κ1) is 26.1. The molecule has 0 aliphatic carbocycles. The topological polar surface area (TPSA) is 118 Å². The number of rotatable bonds is 8. The molecular weight excluding hydrogens is 480 g/mol. The van der Waals surface area contributed by atoms with Crippen LogP contribution < -0.4 is 9.46 Å². The summed E-state index contributed by atoms with van der Waals surface area (Å²) in [6.07, 6.45) is 2.66. The van der Waals surface area contributed by atoms with Crippen molar-refractivity contribution in [2.45, 2.75) is 70.5 Å². The van der Waals surface area contributed by atoms with Crippen molar-refractivity contribution in [2.24, 2.45) is 0 Å². The Morgan fingerprint density at radius 2 is 2.00 bits per heavy atom. The van der Waals surface area contributed by atoms with Gasteiger partial charge in [-0.05, 0) is 49.1 Å². The van der Waals surface area contributed by atoms with Crippen molar-refractivity contribution in [3.05, 3.63) is 64.5 Å². The Morgan fingerprint density at radius 1 is 1.22 bits per heavy atom. The summed E-state index contributed by atoms with van der Waals surface area (Å²) >= 11 is 0. The number of fused-ring (bicyclic) bond motifs is 1. The number of nitrogens with zero attached hydrogens (tertiary/aromatic N) is 3. The standard InChI is InChI=1S/C26H34N4O5S/c1-6-34-23-10-8-19(14-27-23)17(2)30-12-11-18-7-9-21(13-20(18)15-30)36(32,33)29-25-22(16-31)24(35-28-25)26(3,4)5/h7-10,13-14,17,31H,6,11-12,15-16H2,1-5H3,(H,28,29)/t17-/m1/s1. The van der Waals surface area contributed by atoms with Crippen LogP contribution >= 0.6 is 0 Å². The molecule has 0 radical (unpaired) electrons. The number of aliphatic hydroxyl groups excluding tert-OH is 1. The van der Waals surface area contributed by atoms with Crippen LogP contribution in [0.25, 0.3) is 0 Å². The molecule has 1 aliphatic rings. The van der Waals surface area contributed by atoms with Gasteiger partial charge in [-0.25, -0.2) is 13.4 Å². The predicted octanol–water partition coefficient (Wildman–Crippen LogP) is 4.18. The highest BCUT2D eigenvalue weighted by molar-refractivity contribution is 7.92. The van der Waals surface area contributed by atoms with Gasteiger partial charge in [0.25, 0.3) is 10.0 Å². The van der Waals surface area contributed by atoms with Crippen molar-refractivity contribution in [1.29, 1.82) is 0 Å². The number of benzene rings is 1. The largest absolute Gasteiger partial charge is 0.478 e. The van der Waals surface area contributed by atoms with E-state index in [1.54, 1.807) is 12.1 Å². The summed E-state index contributed by atoms with van der Waals surface area (Å²) in [7, 11) is -3.94. The molecule has 0 saturated carbocycles. The number of sulfonamides is 1. The number of ether oxygens (including phenoxy) is 1. The molecule has 9 nitrogen and oxygen atoms in total. The molecule has 10 heteroatoms. The fourth-order valence-corrected chi connectivity index (χ4v) is 5.53. The molecule has 1 atom stereocenters. The molecule has 4 rings (SSSR count). The number of pyridine rings is 1. The highest BCUT2D eigenvalue weighted by atomic mass is 32.2. The van der Waals surface area contributed by atoms with Crippen molar-refractivity contribution in [3.63, 3.8) is 0 Å². The molecule has 194 valence electrons. The van der Waals surface area contributed by atoms with E-state index < -0.39 is 15.4 Å². The molecule has 1 aliphatic heterocycles. The summed E-state index contributed by atoms with van der Waals surface area (Å²) in [4.78, 5) is 6.83. The molecule has 3 aromatic rings. The van der Waals surface area contributed by atoms with Crippen molar-refractivity contribution in [1.82, 2.24) is 15.0 Å². The first-order valence-electron chi connectivity index (χ1n) is 12.1. The Kier molecular flexibility index (Phi) is 7.40. The average Bonchev–Trinajstić information content (AvgIpc) is 3.26. The smallest absolute Gasteiger partial charge is 0.263 e. The highest BCUT2D eigenvalue weighted by Gasteiger charge is 2.29. The fraction of sp³-hybridized carbons (Fsp3) is 0.462. The van der Waals surface area contributed by atoms with Crippen LogP contribution in [-0.4, -0.2) is 41.7 Å². The van der Waals surface area contributed by atoms with Crippen molar-refractivity contribution < 1.29 is 22.8 Å². The number of aliphatic hydroxyl groups is 1. The van der Waals surface area contributed by atoms with Crippen LogP contribution in [0.15, 0.2) is 45.9 Å². The van der Waals surface area contributed by atoms with E-state index in [1.807, 2.05) is 52.1 Å². The molecular formula is C26H34N4O5S. The van der Waals surface area contributed by atoms with Crippen LogP contribution in [0.1, 0.15) is 68.7 Å². The Balaban J connectivity index is 1.54. The number of anilines is 1. The Bertz CT molecular complexity index is 1310. The summed E-state index contributed by atoms with van der Waals surface area (Å²) < 4.78 is 39.8. The highest BCUT2D eigenvalue weighted by Crippen LogP contribution is 2.33. The SMILES string of the molecule is CCOc1ccc([C@@H](C)N2CCc3ccc(S(=O)(=O)Nc4noc(C(C)(C)C)c4CO)cc3C2)cn1. The maximum absolute atomic E-state index is 13.2. The zero-order valence-electron chi connectivity index (χ0n) is 21.4. The molecule has 0 spiro atoms. The molecule has 36 heavy (non-hydrogen) atoms. The van der Waals surface area contributed by atoms with E-state index >= 15 is 0 Å². The lowest BCUT2D eigenvalue weighted by Gasteiger charge is -2.34. The van der Waals surface area contributed by atoms with E-state index in [9.17, 15) is 13.5 Å². The van der Waals surface area contributed by atoms with Crippen LogP contribution in [-0.2, 0) is 35.0 Å². The molecule has 0 bridgehead atoms. The number of nitrogens with one attached hydrogen (secondary N) is 1. The van der Waals surface area contributed by atoms with Gasteiger partial charge in [0.1, 0.15) is 5.76 Å². The fourth-order valence-electron chi connectivity index (χ4n) is 4.45. The second kappa shape index (κ2) is 10.2. The minimum atomic E-state index is -3.94. The first-order valence-corrected chi connectivity index (χ1v) is 13.6. The lowest BCUT2D eigenvalue weighted by Crippen LogP contribution is -2.33. The molecule has 0 fully saturated rings. The zero-order chi connectivity index (χ0) is 26.1. The van der Waals surface area contributed by atoms with Gasteiger partial charge in [0, 0.05) is 36.8 Å². The minimum absolute atomic E-state index is 0.0124. The van der Waals surface area contributed by atoms with Gasteiger partial charge in [-0.15, -0.1) is 0 Å². The maximum atomic E-state index is 13.2. The van der Waals surface area contributed by atoms with E-state index in [4.69, 9.17) is 9.26 Å². The number of aromatic nitrogens is 2. The Labute approximate surface area is 212 Å². The van der Waals surface area contributed by atoms with Crippen LogP contribution in [0, 0.1) is 0 Å². The molecule has 3 heterocycles. The molecule has 0 unspecified atom stereocenters. The predicted molar refractivity (Wildman–Crippen MR) is 136 cm³/mol. The maximum Gasteiger partial charge on any atom is 0.263 e. The second-order valence-corrected chi connectivity index (χ2v) is 11.7. The number of hydrogen-bond donors (Lipinski definition) is 2. The molecule has 2 aromatic heterocycles. The monoisotopic (exact) mass is 514 g/mol. The van der Waals surface area contributed by atoms with E-state index in [0.29, 0.717) is 30.4 Å². The summed E-state index contributed by atoms with van der Waals surface area (Å²) in [6, 6.07) is 9.21. The van der Waals surface area contributed by atoms with Gasteiger partial charge >= 0.3 is 0 Å². The van der Waals surface area contributed by atoms with Gasteiger partial charge in [-0.3, -0.25) is 9.62 Å². The van der Waals surface area contributed by atoms with Gasteiger partial charge in [0.05, 0.1) is 23.7 Å². The normalized spacial score (nSPS) is 15.4. The van der Waals surface area contributed by atoms with E-state index in [1.165, 1.54) is 0 Å². The minimum Gasteiger partial charge on any atom is -0.478 e. The third kappa shape index (κ3) is 5.40. The summed E-state index contributed by atoms with van der Waals surface area (Å²) in [5.74, 6) is 1.06. The molecule has 1 aromatic carbocycles. The second-order valence-electron chi connectivity index (χ2n) is 10.0. The van der Waals surface area contributed by atoms with Crippen LogP contribution in [0.3, 0.4) is 0 Å². The van der Waals surface area contributed by atoms with E-state index in [0.717, 1.165) is 29.7 Å². The van der Waals surface area contributed by atoms with Crippen molar-refractivity contribution in [3.8, 4) is 5.88 Å². The van der Waals surface area contributed by atoms with Gasteiger partial charge < -0.3 is 14.4 Å². The van der Waals surface area contributed by atoms with E-state index in [-0.39, 0.29) is 23.4 Å². The summed E-state index contributed by atoms with van der Waals surface area (Å²) in [5.41, 5.74) is 3.08. The average molecular weight is 515 g/mol. The third-order valence-electron chi connectivity index (χ3n) is 6.47. The van der Waals surface area contributed by atoms with Gasteiger partial charge in [-0.2, -0.15) is 0 Å². The molecule has 0 amide bonds.